The van der Waals surface area contributed by atoms with E-state index in [4.69, 9.17) is 0 Å². The van der Waals surface area contributed by atoms with Crippen LogP contribution in [0, 0.1) is 0 Å². The second-order valence-corrected chi connectivity index (χ2v) is 0. The van der Waals surface area contributed by atoms with Crippen LogP contribution in [0.25, 0.3) is 0 Å². The second kappa shape index (κ2) is 580. The number of hydrogen-bond acceptors (Lipinski definition) is 0. The van der Waals surface area contributed by atoms with Gasteiger partial charge in [0.05, 0.1) is 0 Å². The van der Waals surface area contributed by atoms with Gasteiger partial charge in [0, 0.05) is 0 Å². The van der Waals surface area contributed by atoms with Gasteiger partial charge in [-0.3, -0.25) is 0 Å². The summed E-state index contributed by atoms with van der Waals surface area (Å²) in [5.74, 6) is 0. The fourth-order valence-electron chi connectivity index (χ4n) is 0. The first kappa shape index (κ1) is 679. The van der Waals surface area contributed by atoms with E-state index in [1.807, 2.05) is 0 Å². The van der Waals surface area contributed by atoms with Gasteiger partial charge in [-0.15, -0.1) is 0 Å². The SMILES string of the molecule is O.O.O.O.O.O.O.O.O.O.O.O.[H-].[H-].[H-].[H-].[H-].[H-].[H-].[H-].[H-].[H-].[Mg+2].[Mg+2].[Mg+2].[Mg+2].[Mg+2]. The van der Waals surface area contributed by atoms with Crippen molar-refractivity contribution in [3.63, 3.8) is 0 Å². The molecule has 0 aliphatic carbocycles. The van der Waals surface area contributed by atoms with Crippen molar-refractivity contribution in [2.45, 2.75) is 0 Å². The van der Waals surface area contributed by atoms with E-state index >= 15 is 0 Å². The molecule has 0 saturated carbocycles. The van der Waals surface area contributed by atoms with Crippen molar-refractivity contribution in [3.05, 3.63) is 0 Å². The molecule has 24 N–H and O–H groups in total. The smallest absolute Gasteiger partial charge is 1.00 e. The molecule has 0 radical (unpaired) electrons. The summed E-state index contributed by atoms with van der Waals surface area (Å²) in [6.45, 7) is 0. The molecule has 0 aliphatic rings. The third-order valence-corrected chi connectivity index (χ3v) is 0. The van der Waals surface area contributed by atoms with E-state index < -0.39 is 0 Å². The Morgan fingerprint density at radius 3 is 0.176 bits per heavy atom. The molecule has 17 heavy (non-hydrogen) atoms. The van der Waals surface area contributed by atoms with Crippen LogP contribution >= 0.6 is 0 Å². The molecule has 0 aliphatic heterocycles. The van der Waals surface area contributed by atoms with Crippen LogP contribution in [-0.4, -0.2) is 181 Å². The molecule has 0 atom stereocenters. The molecular weight excluding hydrogens is 314 g/mol. The van der Waals surface area contributed by atoms with Gasteiger partial charge < -0.3 is 80.0 Å². The van der Waals surface area contributed by atoms with Crippen LogP contribution in [0.3, 0.4) is 0 Å². The van der Waals surface area contributed by atoms with Crippen LogP contribution in [0.5, 0.6) is 0 Å². The third-order valence-electron chi connectivity index (χ3n) is 0. The van der Waals surface area contributed by atoms with Gasteiger partial charge in [-0.2, -0.15) is 0 Å². The second-order valence-electron chi connectivity index (χ2n) is 0. The average Bonchev–Trinajstić information content (AvgIpc) is 0. The number of hydrogen-bond donors (Lipinski definition) is 0. The average molecular weight is 348 g/mol. The zero-order valence-electron chi connectivity index (χ0n) is 19.5. The van der Waals surface area contributed by atoms with Crippen molar-refractivity contribution >= 4 is 115 Å². The summed E-state index contributed by atoms with van der Waals surface area (Å²) < 4.78 is 0. The van der Waals surface area contributed by atoms with Crippen LogP contribution in [-0.2, 0) is 0 Å². The first-order valence-electron chi connectivity index (χ1n) is 0. The Kier molecular flexibility index (Phi) is 23200. The van der Waals surface area contributed by atoms with Gasteiger partial charge in [0.1, 0.15) is 0 Å². The summed E-state index contributed by atoms with van der Waals surface area (Å²) in [7, 11) is 0. The van der Waals surface area contributed by atoms with Gasteiger partial charge in [0.15, 0.2) is 0 Å². The molecule has 0 amide bonds. The van der Waals surface area contributed by atoms with Gasteiger partial charge in [0.25, 0.3) is 0 Å². The van der Waals surface area contributed by atoms with Crippen molar-refractivity contribution in [1.29, 1.82) is 0 Å². The quantitative estimate of drug-likeness (QED) is 0.368. The van der Waals surface area contributed by atoms with Gasteiger partial charge >= 0.3 is 115 Å². The van der Waals surface area contributed by atoms with E-state index in [0.29, 0.717) is 0 Å². The molecule has 0 unspecified atom stereocenters. The minimum absolute atomic E-state index is 0. The van der Waals surface area contributed by atoms with Crippen LogP contribution in [0.1, 0.15) is 14.3 Å². The first-order chi connectivity index (χ1) is 0. The van der Waals surface area contributed by atoms with Crippen LogP contribution in [0.2, 0.25) is 0 Å². The third kappa shape index (κ3) is 519. The summed E-state index contributed by atoms with van der Waals surface area (Å²) in [6.07, 6.45) is 0. The molecule has 12 nitrogen and oxygen atoms in total. The van der Waals surface area contributed by atoms with Gasteiger partial charge in [-0.25, -0.2) is 0 Å². The van der Waals surface area contributed by atoms with Crippen LogP contribution in [0.15, 0.2) is 0 Å². The largest absolute Gasteiger partial charge is 2.00 e. The Hall–Kier alpha value is 3.35. The summed E-state index contributed by atoms with van der Waals surface area (Å²) in [4.78, 5) is 0. The standard InChI is InChI=1S/5Mg.12H2O.10H/h;;;;;12*1H2;;;;;;;;;;/q5*+2;;;;;;;;;;;;;10*-1. The Balaban J connectivity index is 0. The van der Waals surface area contributed by atoms with Crippen molar-refractivity contribution in [1.82, 2.24) is 0 Å². The molecule has 116 valence electrons. The Labute approximate surface area is 193 Å². The molecule has 0 rings (SSSR count). The zero-order valence-corrected chi connectivity index (χ0v) is 16.6. The van der Waals surface area contributed by atoms with Crippen molar-refractivity contribution in [3.8, 4) is 0 Å². The fourth-order valence-corrected chi connectivity index (χ4v) is 0. The zero-order chi connectivity index (χ0) is 0. The van der Waals surface area contributed by atoms with E-state index in [1.54, 1.807) is 0 Å². The minimum atomic E-state index is 0. The van der Waals surface area contributed by atoms with Gasteiger partial charge in [0.2, 0.25) is 0 Å². The monoisotopic (exact) mass is 346 g/mol. The molecule has 0 saturated heterocycles. The number of rotatable bonds is 0. The van der Waals surface area contributed by atoms with E-state index in [9.17, 15) is 0 Å². The van der Waals surface area contributed by atoms with Crippen molar-refractivity contribution < 1.29 is 80.0 Å². The normalized spacial score (nSPS) is 0. The molecular formula is H34Mg5O12. The van der Waals surface area contributed by atoms with Crippen LogP contribution in [0.4, 0.5) is 0 Å². The van der Waals surface area contributed by atoms with Gasteiger partial charge in [-0.1, -0.05) is 0 Å². The maximum absolute atomic E-state index is 0. The predicted molar refractivity (Wildman–Crippen MR) is 83.3 cm³/mol. The molecule has 0 aromatic rings. The maximum atomic E-state index is 0. The van der Waals surface area contributed by atoms with Crippen molar-refractivity contribution in [2.24, 2.45) is 0 Å². The summed E-state index contributed by atoms with van der Waals surface area (Å²) in [5, 5.41) is 0. The van der Waals surface area contributed by atoms with Gasteiger partial charge in [-0.05, 0) is 0 Å². The Bertz CT molecular complexity index is 40.5. The van der Waals surface area contributed by atoms with E-state index in [1.165, 1.54) is 0 Å². The van der Waals surface area contributed by atoms with Crippen molar-refractivity contribution in [2.75, 3.05) is 0 Å². The summed E-state index contributed by atoms with van der Waals surface area (Å²) in [6, 6.07) is 0. The van der Waals surface area contributed by atoms with E-state index in [0.717, 1.165) is 0 Å². The molecule has 0 spiro atoms. The van der Waals surface area contributed by atoms with E-state index in [2.05, 4.69) is 0 Å². The minimum Gasteiger partial charge on any atom is -1.00 e. The first-order valence-corrected chi connectivity index (χ1v) is 0. The van der Waals surface area contributed by atoms with E-state index in [-0.39, 0.29) is 195 Å². The predicted octanol–water partition coefficient (Wildman–Crippen LogP) is -10.7. The topological polar surface area (TPSA) is 378 Å². The summed E-state index contributed by atoms with van der Waals surface area (Å²) in [5.41, 5.74) is 0. The molecule has 0 aromatic heterocycles. The molecule has 17 heteroatoms. The molecule has 0 fully saturated rings. The fraction of sp³-hybridized carbons (Fsp3) is 0. The van der Waals surface area contributed by atoms with Crippen LogP contribution < -0.4 is 0 Å². The molecule has 0 heterocycles. The molecule has 0 aromatic carbocycles. The summed E-state index contributed by atoms with van der Waals surface area (Å²) >= 11 is 0. The maximum Gasteiger partial charge on any atom is 2.00 e. The molecule has 0 bridgehead atoms. The Morgan fingerprint density at radius 2 is 0.176 bits per heavy atom. The Morgan fingerprint density at radius 1 is 0.176 bits per heavy atom.